The highest BCUT2D eigenvalue weighted by Crippen LogP contribution is 2.20. The Kier molecular flexibility index (Phi) is 4.68. The summed E-state index contributed by atoms with van der Waals surface area (Å²) in [7, 11) is 1.82. The van der Waals surface area contributed by atoms with Crippen molar-refractivity contribution < 1.29 is 10.2 Å². The van der Waals surface area contributed by atoms with Gasteiger partial charge >= 0.3 is 0 Å². The van der Waals surface area contributed by atoms with Crippen molar-refractivity contribution in [3.63, 3.8) is 0 Å². The smallest absolute Gasteiger partial charge is 0.105 e. The van der Waals surface area contributed by atoms with Crippen LogP contribution in [-0.2, 0) is 0 Å². The van der Waals surface area contributed by atoms with E-state index < -0.39 is 12.2 Å². The molecule has 0 aliphatic carbocycles. The Hall–Kier alpha value is -0.970. The van der Waals surface area contributed by atoms with Gasteiger partial charge in [-0.2, -0.15) is 0 Å². The van der Waals surface area contributed by atoms with Crippen LogP contribution in [0.4, 0.5) is 0 Å². The van der Waals surface area contributed by atoms with Crippen LogP contribution in [0.1, 0.15) is 23.7 Å². The molecule has 2 atom stereocenters. The fourth-order valence-corrected chi connectivity index (χ4v) is 1.47. The van der Waals surface area contributed by atoms with Crippen molar-refractivity contribution >= 4 is 0 Å². The van der Waals surface area contributed by atoms with Gasteiger partial charge in [0, 0.05) is 12.4 Å². The predicted octanol–water partition coefficient (Wildman–Crippen LogP) is 0.394. The zero-order valence-corrected chi connectivity index (χ0v) is 9.14. The van der Waals surface area contributed by atoms with Gasteiger partial charge in [0.15, 0.2) is 0 Å². The lowest BCUT2D eigenvalue weighted by atomic mass is 10.00. The van der Waals surface area contributed by atoms with Crippen molar-refractivity contribution in [2.45, 2.75) is 25.6 Å². The average molecular weight is 210 g/mol. The number of hydrogen-bond donors (Lipinski definition) is 3. The molecule has 0 radical (unpaired) electrons. The molecule has 0 aliphatic rings. The maximum atomic E-state index is 9.89. The third-order valence-corrected chi connectivity index (χ3v) is 2.44. The minimum Gasteiger partial charge on any atom is -0.390 e. The molecule has 1 aromatic heterocycles. The highest BCUT2D eigenvalue weighted by molar-refractivity contribution is 5.24. The number of hydrogen-bond acceptors (Lipinski definition) is 4. The topological polar surface area (TPSA) is 65.4 Å². The van der Waals surface area contributed by atoms with E-state index in [1.165, 1.54) is 0 Å². The maximum absolute atomic E-state index is 9.89. The predicted molar refractivity (Wildman–Crippen MR) is 58.5 cm³/mol. The number of nitrogens with zero attached hydrogens (tertiary/aromatic N) is 1. The lowest BCUT2D eigenvalue weighted by Crippen LogP contribution is -2.23. The van der Waals surface area contributed by atoms with Gasteiger partial charge in [0.25, 0.3) is 0 Å². The normalized spacial score (nSPS) is 14.9. The van der Waals surface area contributed by atoms with E-state index in [1.807, 2.05) is 14.0 Å². The summed E-state index contributed by atoms with van der Waals surface area (Å²) in [4.78, 5) is 3.94. The molecular weight excluding hydrogens is 192 g/mol. The van der Waals surface area contributed by atoms with Crippen LogP contribution in [0.2, 0.25) is 0 Å². The summed E-state index contributed by atoms with van der Waals surface area (Å²) in [6, 6.07) is 1.74. The Morgan fingerprint density at radius 2 is 2.20 bits per heavy atom. The fourth-order valence-electron chi connectivity index (χ4n) is 1.47. The maximum Gasteiger partial charge on any atom is 0.105 e. The van der Waals surface area contributed by atoms with Crippen molar-refractivity contribution in [2.24, 2.45) is 0 Å². The first-order valence-electron chi connectivity index (χ1n) is 5.08. The zero-order valence-electron chi connectivity index (χ0n) is 9.14. The molecule has 1 rings (SSSR count). The van der Waals surface area contributed by atoms with Crippen LogP contribution in [0.25, 0.3) is 0 Å². The first-order valence-corrected chi connectivity index (χ1v) is 5.08. The van der Waals surface area contributed by atoms with Gasteiger partial charge in [-0.25, -0.2) is 0 Å². The van der Waals surface area contributed by atoms with Crippen molar-refractivity contribution in [3.05, 3.63) is 29.6 Å². The van der Waals surface area contributed by atoms with Gasteiger partial charge in [0.05, 0.1) is 6.10 Å². The lowest BCUT2D eigenvalue weighted by Gasteiger charge is -2.19. The average Bonchev–Trinajstić information content (AvgIpc) is 2.25. The van der Waals surface area contributed by atoms with Gasteiger partial charge in [0.1, 0.15) is 6.10 Å². The molecule has 0 aliphatic heterocycles. The van der Waals surface area contributed by atoms with E-state index in [-0.39, 0.29) is 0 Å². The minimum absolute atomic E-state index is 0.527. The second kappa shape index (κ2) is 5.80. The first-order chi connectivity index (χ1) is 7.16. The number of aliphatic hydroxyl groups excluding tert-OH is 2. The largest absolute Gasteiger partial charge is 0.390 e. The molecule has 4 nitrogen and oxygen atoms in total. The third-order valence-electron chi connectivity index (χ3n) is 2.44. The van der Waals surface area contributed by atoms with Crippen molar-refractivity contribution in [2.75, 3.05) is 13.6 Å². The van der Waals surface area contributed by atoms with E-state index in [2.05, 4.69) is 10.3 Å². The van der Waals surface area contributed by atoms with Crippen LogP contribution in [0.15, 0.2) is 18.5 Å². The summed E-state index contributed by atoms with van der Waals surface area (Å²) >= 11 is 0. The summed E-state index contributed by atoms with van der Waals surface area (Å²) < 4.78 is 0. The molecule has 15 heavy (non-hydrogen) atoms. The zero-order chi connectivity index (χ0) is 11.3. The Morgan fingerprint density at radius 3 is 2.80 bits per heavy atom. The number of pyridine rings is 1. The molecule has 0 saturated carbocycles. The molecule has 1 aromatic rings. The molecule has 0 aromatic carbocycles. The molecular formula is C11H18N2O2. The molecule has 4 heteroatoms. The SMILES string of the molecule is CNCCC(O)C(O)c1ccncc1C. The van der Waals surface area contributed by atoms with Crippen LogP contribution >= 0.6 is 0 Å². The van der Waals surface area contributed by atoms with Crippen molar-refractivity contribution in [1.29, 1.82) is 0 Å². The Labute approximate surface area is 90.0 Å². The van der Waals surface area contributed by atoms with Crippen LogP contribution in [-0.4, -0.2) is 34.9 Å². The van der Waals surface area contributed by atoms with Gasteiger partial charge in [-0.15, -0.1) is 0 Å². The molecule has 2 unspecified atom stereocenters. The number of aromatic nitrogens is 1. The third kappa shape index (κ3) is 3.27. The molecule has 0 saturated heterocycles. The van der Waals surface area contributed by atoms with Crippen LogP contribution in [0.5, 0.6) is 0 Å². The van der Waals surface area contributed by atoms with E-state index in [4.69, 9.17) is 0 Å². The summed E-state index contributed by atoms with van der Waals surface area (Å²) in [5, 5.41) is 22.5. The lowest BCUT2D eigenvalue weighted by molar-refractivity contribution is 0.0136. The van der Waals surface area contributed by atoms with Gasteiger partial charge in [-0.3, -0.25) is 4.98 Å². The summed E-state index contributed by atoms with van der Waals surface area (Å²) in [6.45, 7) is 2.55. The molecule has 1 heterocycles. The Bertz CT molecular complexity index is 304. The second-order valence-corrected chi connectivity index (χ2v) is 3.64. The standard InChI is InChI=1S/C11H18N2O2/c1-8-7-13-6-3-9(8)11(15)10(14)4-5-12-2/h3,6-7,10-12,14-15H,4-5H2,1-2H3. The molecule has 3 N–H and O–H groups in total. The van der Waals surface area contributed by atoms with Crippen LogP contribution in [0.3, 0.4) is 0 Å². The second-order valence-electron chi connectivity index (χ2n) is 3.64. The van der Waals surface area contributed by atoms with Crippen LogP contribution in [0, 0.1) is 6.92 Å². The first kappa shape index (κ1) is 12.1. The summed E-state index contributed by atoms with van der Waals surface area (Å²) in [6.07, 6.45) is 2.26. The number of nitrogens with one attached hydrogen (secondary N) is 1. The van der Waals surface area contributed by atoms with E-state index >= 15 is 0 Å². The van der Waals surface area contributed by atoms with E-state index in [0.717, 1.165) is 11.1 Å². The van der Waals surface area contributed by atoms with Gasteiger partial charge in [-0.1, -0.05) is 0 Å². The highest BCUT2D eigenvalue weighted by atomic mass is 16.3. The van der Waals surface area contributed by atoms with E-state index in [0.29, 0.717) is 13.0 Å². The fraction of sp³-hybridized carbons (Fsp3) is 0.545. The summed E-state index contributed by atoms with van der Waals surface area (Å²) in [5.74, 6) is 0. The summed E-state index contributed by atoms with van der Waals surface area (Å²) in [5.41, 5.74) is 1.64. The Morgan fingerprint density at radius 1 is 1.47 bits per heavy atom. The number of aliphatic hydroxyl groups is 2. The van der Waals surface area contributed by atoms with Gasteiger partial charge in [0.2, 0.25) is 0 Å². The van der Waals surface area contributed by atoms with Crippen molar-refractivity contribution in [3.8, 4) is 0 Å². The molecule has 0 amide bonds. The molecule has 0 bridgehead atoms. The molecule has 84 valence electrons. The van der Waals surface area contributed by atoms with Gasteiger partial charge < -0.3 is 15.5 Å². The monoisotopic (exact) mass is 210 g/mol. The van der Waals surface area contributed by atoms with Gasteiger partial charge in [-0.05, 0) is 44.1 Å². The van der Waals surface area contributed by atoms with Crippen LogP contribution < -0.4 is 5.32 Å². The quantitative estimate of drug-likeness (QED) is 0.658. The highest BCUT2D eigenvalue weighted by Gasteiger charge is 2.19. The van der Waals surface area contributed by atoms with Crippen molar-refractivity contribution in [1.82, 2.24) is 10.3 Å². The van der Waals surface area contributed by atoms with E-state index in [9.17, 15) is 10.2 Å². The minimum atomic E-state index is -0.832. The van der Waals surface area contributed by atoms with E-state index in [1.54, 1.807) is 18.5 Å². The number of aryl methyl sites for hydroxylation is 1. The Balaban J connectivity index is 2.67. The molecule has 0 fully saturated rings. The number of rotatable bonds is 5. The molecule has 0 spiro atoms.